The molecule has 0 aromatic rings. The Hall–Kier alpha value is -0.610. The number of carbonyl (C=O) groups is 1. The van der Waals surface area contributed by atoms with Crippen LogP contribution in [0.2, 0.25) is 0 Å². The Bertz CT molecular complexity index is 302. The largest absolute Gasteiger partial charge is 0.352 e. The van der Waals surface area contributed by atoms with Crippen molar-refractivity contribution >= 4 is 5.91 Å². The number of likely N-dealkylation sites (tertiary alicyclic amines) is 1. The highest BCUT2D eigenvalue weighted by Crippen LogP contribution is 2.23. The standard InChI is InChI=1S/C16H31N3O/c1-13(16(20)18-14-7-3-4-8-14)19-12-6-5-9-15(19)10-11-17-2/h13-15,17H,3-12H2,1-2H3,(H,18,20). The van der Waals surface area contributed by atoms with Gasteiger partial charge in [0.15, 0.2) is 0 Å². The van der Waals surface area contributed by atoms with Gasteiger partial charge in [-0.3, -0.25) is 9.69 Å². The van der Waals surface area contributed by atoms with Gasteiger partial charge in [-0.05, 0) is 59.2 Å². The molecule has 1 heterocycles. The Labute approximate surface area is 123 Å². The minimum Gasteiger partial charge on any atom is -0.352 e. The first-order valence-corrected chi connectivity index (χ1v) is 8.43. The number of carbonyl (C=O) groups excluding carboxylic acids is 1. The second kappa shape index (κ2) is 7.99. The molecular formula is C16H31N3O. The first-order valence-electron chi connectivity index (χ1n) is 8.43. The van der Waals surface area contributed by atoms with E-state index in [1.807, 2.05) is 7.05 Å². The van der Waals surface area contributed by atoms with Crippen LogP contribution in [0.1, 0.15) is 58.3 Å². The lowest BCUT2D eigenvalue weighted by Gasteiger charge is -2.39. The summed E-state index contributed by atoms with van der Waals surface area (Å²) in [4.78, 5) is 14.9. The highest BCUT2D eigenvalue weighted by Gasteiger charge is 2.31. The van der Waals surface area contributed by atoms with Crippen molar-refractivity contribution in [3.05, 3.63) is 0 Å². The molecule has 2 unspecified atom stereocenters. The molecule has 1 aliphatic heterocycles. The predicted molar refractivity (Wildman–Crippen MR) is 82.7 cm³/mol. The van der Waals surface area contributed by atoms with Crippen molar-refractivity contribution in [2.45, 2.75) is 76.4 Å². The van der Waals surface area contributed by atoms with Gasteiger partial charge < -0.3 is 10.6 Å². The number of hydrogen-bond donors (Lipinski definition) is 2. The Morgan fingerprint density at radius 2 is 1.90 bits per heavy atom. The molecule has 1 aliphatic carbocycles. The molecule has 2 rings (SSSR count). The molecule has 0 spiro atoms. The van der Waals surface area contributed by atoms with Crippen molar-refractivity contribution < 1.29 is 4.79 Å². The molecule has 0 aromatic heterocycles. The Morgan fingerprint density at radius 3 is 2.60 bits per heavy atom. The van der Waals surface area contributed by atoms with E-state index in [0.717, 1.165) is 19.5 Å². The zero-order chi connectivity index (χ0) is 14.4. The van der Waals surface area contributed by atoms with E-state index in [9.17, 15) is 4.79 Å². The SMILES string of the molecule is CNCCC1CCCCN1C(C)C(=O)NC1CCCC1. The van der Waals surface area contributed by atoms with Crippen LogP contribution < -0.4 is 10.6 Å². The summed E-state index contributed by atoms with van der Waals surface area (Å²) in [6, 6.07) is 1.03. The Balaban J connectivity index is 1.86. The first-order chi connectivity index (χ1) is 9.72. The fourth-order valence-electron chi connectivity index (χ4n) is 3.70. The summed E-state index contributed by atoms with van der Waals surface area (Å²) >= 11 is 0. The number of hydrogen-bond acceptors (Lipinski definition) is 3. The quantitative estimate of drug-likeness (QED) is 0.781. The summed E-state index contributed by atoms with van der Waals surface area (Å²) in [6.45, 7) is 4.20. The van der Waals surface area contributed by atoms with Crippen LogP contribution in [0.3, 0.4) is 0 Å². The summed E-state index contributed by atoms with van der Waals surface area (Å²) in [5.41, 5.74) is 0. The van der Waals surface area contributed by atoms with Crippen LogP contribution in [-0.2, 0) is 4.79 Å². The number of amides is 1. The van der Waals surface area contributed by atoms with Gasteiger partial charge >= 0.3 is 0 Å². The highest BCUT2D eigenvalue weighted by atomic mass is 16.2. The van der Waals surface area contributed by atoms with Crippen molar-refractivity contribution in [2.75, 3.05) is 20.1 Å². The zero-order valence-corrected chi connectivity index (χ0v) is 13.2. The number of nitrogens with one attached hydrogen (secondary N) is 2. The third-order valence-electron chi connectivity index (χ3n) is 4.98. The van der Waals surface area contributed by atoms with Gasteiger partial charge in [-0.1, -0.05) is 19.3 Å². The van der Waals surface area contributed by atoms with Crippen LogP contribution in [0, 0.1) is 0 Å². The van der Waals surface area contributed by atoms with Crippen molar-refractivity contribution in [3.8, 4) is 0 Å². The smallest absolute Gasteiger partial charge is 0.237 e. The van der Waals surface area contributed by atoms with Crippen molar-refractivity contribution in [3.63, 3.8) is 0 Å². The van der Waals surface area contributed by atoms with Gasteiger partial charge in [0, 0.05) is 12.1 Å². The van der Waals surface area contributed by atoms with E-state index in [1.54, 1.807) is 0 Å². The number of nitrogens with zero attached hydrogens (tertiary/aromatic N) is 1. The average Bonchev–Trinajstić information content (AvgIpc) is 2.97. The Morgan fingerprint density at radius 1 is 1.20 bits per heavy atom. The first kappa shape index (κ1) is 15.8. The molecule has 1 amide bonds. The van der Waals surface area contributed by atoms with Crippen LogP contribution in [-0.4, -0.2) is 49.1 Å². The van der Waals surface area contributed by atoms with Crippen LogP contribution in [0.5, 0.6) is 0 Å². The van der Waals surface area contributed by atoms with Crippen molar-refractivity contribution in [1.29, 1.82) is 0 Å². The molecule has 2 aliphatic rings. The van der Waals surface area contributed by atoms with Gasteiger partial charge in [0.05, 0.1) is 6.04 Å². The third-order valence-corrected chi connectivity index (χ3v) is 4.98. The molecule has 1 saturated heterocycles. The van der Waals surface area contributed by atoms with Crippen LogP contribution in [0.15, 0.2) is 0 Å². The molecule has 1 saturated carbocycles. The number of rotatable bonds is 6. The lowest BCUT2D eigenvalue weighted by molar-refractivity contribution is -0.128. The zero-order valence-electron chi connectivity index (χ0n) is 13.2. The van der Waals surface area contributed by atoms with Crippen molar-refractivity contribution in [1.82, 2.24) is 15.5 Å². The predicted octanol–water partition coefficient (Wildman–Crippen LogP) is 1.90. The van der Waals surface area contributed by atoms with E-state index in [-0.39, 0.29) is 11.9 Å². The van der Waals surface area contributed by atoms with Crippen LogP contribution >= 0.6 is 0 Å². The van der Waals surface area contributed by atoms with Gasteiger partial charge in [-0.25, -0.2) is 0 Å². The minimum atomic E-state index is 0.0257. The lowest BCUT2D eigenvalue weighted by Crippen LogP contribution is -2.53. The van der Waals surface area contributed by atoms with Gasteiger partial charge in [-0.2, -0.15) is 0 Å². The summed E-state index contributed by atoms with van der Waals surface area (Å²) in [6.07, 6.45) is 9.81. The van der Waals surface area contributed by atoms with Gasteiger partial charge in [-0.15, -0.1) is 0 Å². The maximum atomic E-state index is 12.4. The molecule has 4 heteroatoms. The molecule has 2 atom stereocenters. The van der Waals surface area contributed by atoms with Gasteiger partial charge in [0.2, 0.25) is 5.91 Å². The molecule has 0 aromatic carbocycles. The summed E-state index contributed by atoms with van der Waals surface area (Å²) in [5, 5.41) is 6.49. The monoisotopic (exact) mass is 281 g/mol. The minimum absolute atomic E-state index is 0.0257. The van der Waals surface area contributed by atoms with E-state index in [4.69, 9.17) is 0 Å². The summed E-state index contributed by atoms with van der Waals surface area (Å²) < 4.78 is 0. The highest BCUT2D eigenvalue weighted by molar-refractivity contribution is 5.81. The maximum Gasteiger partial charge on any atom is 0.237 e. The lowest BCUT2D eigenvalue weighted by atomic mass is 9.97. The van der Waals surface area contributed by atoms with Gasteiger partial charge in [0.25, 0.3) is 0 Å². The molecule has 4 nitrogen and oxygen atoms in total. The molecule has 116 valence electrons. The molecule has 2 fully saturated rings. The molecule has 20 heavy (non-hydrogen) atoms. The third kappa shape index (κ3) is 4.19. The van der Waals surface area contributed by atoms with E-state index in [0.29, 0.717) is 12.1 Å². The summed E-state index contributed by atoms with van der Waals surface area (Å²) in [7, 11) is 2.00. The summed E-state index contributed by atoms with van der Waals surface area (Å²) in [5.74, 6) is 0.244. The molecule has 0 bridgehead atoms. The maximum absolute atomic E-state index is 12.4. The van der Waals surface area contributed by atoms with Gasteiger partial charge in [0.1, 0.15) is 0 Å². The van der Waals surface area contributed by atoms with E-state index in [1.165, 1.54) is 44.9 Å². The van der Waals surface area contributed by atoms with E-state index in [2.05, 4.69) is 22.5 Å². The van der Waals surface area contributed by atoms with Crippen LogP contribution in [0.4, 0.5) is 0 Å². The van der Waals surface area contributed by atoms with E-state index < -0.39 is 0 Å². The number of piperidine rings is 1. The van der Waals surface area contributed by atoms with Crippen LogP contribution in [0.25, 0.3) is 0 Å². The fraction of sp³-hybridized carbons (Fsp3) is 0.938. The van der Waals surface area contributed by atoms with E-state index >= 15 is 0 Å². The molecule has 0 radical (unpaired) electrons. The molecular weight excluding hydrogens is 250 g/mol. The van der Waals surface area contributed by atoms with Crippen molar-refractivity contribution in [2.24, 2.45) is 0 Å². The molecule has 2 N–H and O–H groups in total. The second-order valence-corrected chi connectivity index (χ2v) is 6.45. The Kier molecular flexibility index (Phi) is 6.30. The second-order valence-electron chi connectivity index (χ2n) is 6.45. The normalized spacial score (nSPS) is 26.6. The average molecular weight is 281 g/mol. The fourth-order valence-corrected chi connectivity index (χ4v) is 3.70. The topological polar surface area (TPSA) is 44.4 Å².